The third-order valence-corrected chi connectivity index (χ3v) is 6.00. The van der Waals surface area contributed by atoms with Crippen molar-refractivity contribution in [3.05, 3.63) is 95.1 Å². The first-order valence-electron chi connectivity index (χ1n) is 10.7. The fraction of sp³-hybridized carbons (Fsp3) is 0.231. The molecule has 0 saturated carbocycles. The lowest BCUT2D eigenvalue weighted by Gasteiger charge is -2.27. The zero-order chi connectivity index (χ0) is 21.2. The molecule has 2 aliphatic rings. The molecule has 0 atom stereocenters. The van der Waals surface area contributed by atoms with E-state index < -0.39 is 5.92 Å². The molecule has 0 aromatic heterocycles. The Labute approximate surface area is 181 Å². The van der Waals surface area contributed by atoms with Crippen molar-refractivity contribution in [3.8, 4) is 11.5 Å². The summed E-state index contributed by atoms with van der Waals surface area (Å²) in [4.78, 5) is 27.6. The minimum atomic E-state index is -0.419. The molecule has 5 rings (SSSR count). The van der Waals surface area contributed by atoms with E-state index in [1.807, 2.05) is 77.7 Å². The van der Waals surface area contributed by atoms with Gasteiger partial charge in [-0.05, 0) is 42.7 Å². The van der Waals surface area contributed by atoms with Crippen LogP contribution in [0, 0.1) is 0 Å². The molecule has 3 aromatic rings. The van der Waals surface area contributed by atoms with Crippen molar-refractivity contribution < 1.29 is 14.3 Å². The van der Waals surface area contributed by atoms with E-state index in [1.165, 1.54) is 0 Å². The molecule has 2 aliphatic heterocycles. The summed E-state index contributed by atoms with van der Waals surface area (Å²) < 4.78 is 5.98. The minimum Gasteiger partial charge on any atom is -0.457 e. The quantitative estimate of drug-likeness (QED) is 0.688. The second kappa shape index (κ2) is 8.26. The lowest BCUT2D eigenvalue weighted by molar-refractivity contribution is -0.122. The Morgan fingerprint density at radius 1 is 0.839 bits per heavy atom. The van der Waals surface area contributed by atoms with Crippen molar-refractivity contribution in [3.63, 3.8) is 0 Å². The normalized spacial score (nSPS) is 15.0. The summed E-state index contributed by atoms with van der Waals surface area (Å²) in [6.07, 6.45) is 2.16. The van der Waals surface area contributed by atoms with Gasteiger partial charge in [-0.15, -0.1) is 0 Å². The summed E-state index contributed by atoms with van der Waals surface area (Å²) in [5, 5.41) is 3.06. The van der Waals surface area contributed by atoms with E-state index in [4.69, 9.17) is 4.74 Å². The molecule has 1 fully saturated rings. The summed E-state index contributed by atoms with van der Waals surface area (Å²) >= 11 is 0. The van der Waals surface area contributed by atoms with Crippen LogP contribution in [0.3, 0.4) is 0 Å². The van der Waals surface area contributed by atoms with Gasteiger partial charge in [0.2, 0.25) is 5.91 Å². The molecule has 1 N–H and O–H groups in total. The predicted octanol–water partition coefficient (Wildman–Crippen LogP) is 4.48. The van der Waals surface area contributed by atoms with Crippen LogP contribution in [-0.4, -0.2) is 29.8 Å². The number of ether oxygens (including phenoxy) is 1. The lowest BCUT2D eigenvalue weighted by Crippen LogP contribution is -2.31. The number of nitrogens with zero attached hydrogens (tertiary/aromatic N) is 1. The first-order chi connectivity index (χ1) is 15.2. The number of fused-ring (bicyclic) bond motifs is 2. The number of carbonyl (C=O) groups is 2. The Hall–Kier alpha value is -3.60. The van der Waals surface area contributed by atoms with Gasteiger partial charge < -0.3 is 15.0 Å². The average molecular weight is 412 g/mol. The van der Waals surface area contributed by atoms with Gasteiger partial charge in [-0.25, -0.2) is 0 Å². The number of hydrogen-bond acceptors (Lipinski definition) is 3. The van der Waals surface area contributed by atoms with E-state index in [2.05, 4.69) is 5.32 Å². The van der Waals surface area contributed by atoms with Crippen molar-refractivity contribution in [2.75, 3.05) is 13.1 Å². The number of benzene rings is 3. The van der Waals surface area contributed by atoms with Crippen LogP contribution in [-0.2, 0) is 11.3 Å². The Kier molecular flexibility index (Phi) is 5.16. The molecule has 1 saturated heterocycles. The summed E-state index contributed by atoms with van der Waals surface area (Å²) in [7, 11) is 0. The molecule has 156 valence electrons. The topological polar surface area (TPSA) is 58.6 Å². The zero-order valence-electron chi connectivity index (χ0n) is 17.2. The highest BCUT2D eigenvalue weighted by molar-refractivity contribution is 5.94. The molecule has 0 spiro atoms. The van der Waals surface area contributed by atoms with E-state index >= 15 is 0 Å². The van der Waals surface area contributed by atoms with Gasteiger partial charge in [0.05, 0.1) is 5.92 Å². The molecule has 0 bridgehead atoms. The number of amides is 2. The number of hydrogen-bond donors (Lipinski definition) is 1. The van der Waals surface area contributed by atoms with Crippen LogP contribution in [0.4, 0.5) is 0 Å². The van der Waals surface area contributed by atoms with Gasteiger partial charge >= 0.3 is 0 Å². The molecule has 0 unspecified atom stereocenters. The van der Waals surface area contributed by atoms with Crippen molar-refractivity contribution >= 4 is 11.8 Å². The standard InChI is InChI=1S/C26H24N2O3/c29-25(24-20-7-1-3-9-22(20)31-23-10-4-2-8-21(23)24)27-17-18-11-13-19(14-12-18)26(30)28-15-5-6-16-28/h1-4,7-14,24H,5-6,15-17H2,(H,27,29). The van der Waals surface area contributed by atoms with Crippen LogP contribution >= 0.6 is 0 Å². The highest BCUT2D eigenvalue weighted by Gasteiger charge is 2.32. The molecule has 0 aliphatic carbocycles. The highest BCUT2D eigenvalue weighted by atomic mass is 16.5. The van der Waals surface area contributed by atoms with Crippen LogP contribution in [0.25, 0.3) is 0 Å². The highest BCUT2D eigenvalue weighted by Crippen LogP contribution is 2.43. The molecule has 2 amide bonds. The van der Waals surface area contributed by atoms with Crippen LogP contribution < -0.4 is 10.1 Å². The summed E-state index contributed by atoms with van der Waals surface area (Å²) in [6.45, 7) is 2.08. The van der Waals surface area contributed by atoms with E-state index in [0.717, 1.165) is 42.6 Å². The first kappa shape index (κ1) is 19.4. The third-order valence-electron chi connectivity index (χ3n) is 6.00. The summed E-state index contributed by atoms with van der Waals surface area (Å²) in [5.41, 5.74) is 3.39. The third kappa shape index (κ3) is 3.79. The van der Waals surface area contributed by atoms with Crippen LogP contribution in [0.2, 0.25) is 0 Å². The fourth-order valence-electron chi connectivity index (χ4n) is 4.35. The zero-order valence-corrected chi connectivity index (χ0v) is 17.2. The van der Waals surface area contributed by atoms with Gasteiger partial charge in [0.15, 0.2) is 0 Å². The first-order valence-corrected chi connectivity index (χ1v) is 10.7. The van der Waals surface area contributed by atoms with Crippen LogP contribution in [0.15, 0.2) is 72.8 Å². The molecule has 2 heterocycles. The molecule has 3 aromatic carbocycles. The number of carbonyl (C=O) groups excluding carboxylic acids is 2. The monoisotopic (exact) mass is 412 g/mol. The maximum atomic E-state index is 13.2. The van der Waals surface area contributed by atoms with E-state index in [9.17, 15) is 9.59 Å². The molecule has 5 heteroatoms. The second-order valence-electron chi connectivity index (χ2n) is 8.02. The number of para-hydroxylation sites is 2. The van der Waals surface area contributed by atoms with Crippen molar-refractivity contribution in [1.82, 2.24) is 10.2 Å². The smallest absolute Gasteiger partial charge is 0.253 e. The Morgan fingerprint density at radius 3 is 2.03 bits per heavy atom. The van der Waals surface area contributed by atoms with Gasteiger partial charge in [0, 0.05) is 36.3 Å². The molecule has 5 nitrogen and oxygen atoms in total. The van der Waals surface area contributed by atoms with E-state index in [0.29, 0.717) is 23.6 Å². The lowest BCUT2D eigenvalue weighted by atomic mass is 9.87. The second-order valence-corrected chi connectivity index (χ2v) is 8.02. The van der Waals surface area contributed by atoms with Crippen molar-refractivity contribution in [2.45, 2.75) is 25.3 Å². The number of rotatable bonds is 4. The van der Waals surface area contributed by atoms with Crippen LogP contribution in [0.5, 0.6) is 11.5 Å². The number of likely N-dealkylation sites (tertiary alicyclic amines) is 1. The van der Waals surface area contributed by atoms with Crippen molar-refractivity contribution in [2.24, 2.45) is 0 Å². The SMILES string of the molecule is O=C(NCc1ccc(C(=O)N2CCCC2)cc1)C1c2ccccc2Oc2ccccc21. The molecular formula is C26H24N2O3. The van der Waals surface area contributed by atoms with E-state index in [1.54, 1.807) is 0 Å². The molecule has 31 heavy (non-hydrogen) atoms. The predicted molar refractivity (Wildman–Crippen MR) is 118 cm³/mol. The Balaban J connectivity index is 1.30. The van der Waals surface area contributed by atoms with Crippen LogP contribution in [0.1, 0.15) is 45.8 Å². The minimum absolute atomic E-state index is 0.0691. The van der Waals surface area contributed by atoms with Gasteiger partial charge in [-0.3, -0.25) is 9.59 Å². The fourth-order valence-corrected chi connectivity index (χ4v) is 4.35. The average Bonchev–Trinajstić information content (AvgIpc) is 3.36. The Morgan fingerprint density at radius 2 is 1.42 bits per heavy atom. The van der Waals surface area contributed by atoms with Gasteiger partial charge in [0.25, 0.3) is 5.91 Å². The van der Waals surface area contributed by atoms with Gasteiger partial charge in [-0.2, -0.15) is 0 Å². The molecule has 0 radical (unpaired) electrons. The van der Waals surface area contributed by atoms with Crippen molar-refractivity contribution in [1.29, 1.82) is 0 Å². The van der Waals surface area contributed by atoms with Gasteiger partial charge in [-0.1, -0.05) is 48.5 Å². The van der Waals surface area contributed by atoms with E-state index in [-0.39, 0.29) is 11.8 Å². The van der Waals surface area contributed by atoms with Gasteiger partial charge in [0.1, 0.15) is 11.5 Å². The summed E-state index contributed by atoms with van der Waals surface area (Å²) in [5.74, 6) is 1.03. The summed E-state index contributed by atoms with van der Waals surface area (Å²) in [6, 6.07) is 22.8. The Bertz CT molecular complexity index is 1070. The number of nitrogens with one attached hydrogen (secondary N) is 1. The maximum Gasteiger partial charge on any atom is 0.253 e. The maximum absolute atomic E-state index is 13.2. The largest absolute Gasteiger partial charge is 0.457 e. The molecular weight excluding hydrogens is 388 g/mol.